The molecule has 2 amide bonds. The summed E-state index contributed by atoms with van der Waals surface area (Å²) >= 11 is 0. The minimum Gasteiger partial charge on any atom is -0.474 e. The molecule has 21 heavy (non-hydrogen) atoms. The summed E-state index contributed by atoms with van der Waals surface area (Å²) in [7, 11) is 0. The molecule has 0 spiro atoms. The monoisotopic (exact) mass is 286 g/mol. The van der Waals surface area contributed by atoms with Crippen LogP contribution in [0.15, 0.2) is 30.5 Å². The van der Waals surface area contributed by atoms with Crippen molar-refractivity contribution < 1.29 is 14.3 Å². The zero-order valence-electron chi connectivity index (χ0n) is 11.8. The molecule has 1 aliphatic heterocycles. The number of carbonyl (C=O) groups is 2. The number of rotatable bonds is 4. The first kappa shape index (κ1) is 13.8. The third kappa shape index (κ3) is 3.12. The number of hydrogen-bond donors (Lipinski definition) is 0. The van der Waals surface area contributed by atoms with Crippen molar-refractivity contribution in [2.24, 2.45) is 0 Å². The Kier molecular flexibility index (Phi) is 3.99. The summed E-state index contributed by atoms with van der Waals surface area (Å²) in [6, 6.07) is 3.65. The fourth-order valence-corrected chi connectivity index (χ4v) is 2.73. The summed E-state index contributed by atoms with van der Waals surface area (Å²) in [5, 5.41) is 0. The quantitative estimate of drug-likeness (QED) is 0.796. The summed E-state index contributed by atoms with van der Waals surface area (Å²) in [5.74, 6) is 0.0830. The molecular weight excluding hydrogens is 268 g/mol. The van der Waals surface area contributed by atoms with Crippen LogP contribution in [0.25, 0.3) is 0 Å². The van der Waals surface area contributed by atoms with Crippen molar-refractivity contribution in [1.82, 2.24) is 9.88 Å². The molecule has 1 aliphatic carbocycles. The second-order valence-corrected chi connectivity index (χ2v) is 5.42. The number of pyridine rings is 1. The lowest BCUT2D eigenvalue weighted by molar-refractivity contribution is -0.143. The fourth-order valence-electron chi connectivity index (χ4n) is 2.73. The van der Waals surface area contributed by atoms with Gasteiger partial charge in [0.2, 0.25) is 11.8 Å². The maximum absolute atomic E-state index is 11.9. The van der Waals surface area contributed by atoms with Gasteiger partial charge in [0.1, 0.15) is 6.10 Å². The number of nitrogens with zero attached hydrogens (tertiary/aromatic N) is 2. The summed E-state index contributed by atoms with van der Waals surface area (Å²) in [6.45, 7) is 0.220. The van der Waals surface area contributed by atoms with Gasteiger partial charge in [-0.25, -0.2) is 4.98 Å². The van der Waals surface area contributed by atoms with Crippen LogP contribution in [0.4, 0.5) is 0 Å². The molecule has 0 aromatic carbocycles. The van der Waals surface area contributed by atoms with Crippen molar-refractivity contribution in [2.45, 2.75) is 44.8 Å². The predicted molar refractivity (Wildman–Crippen MR) is 76.4 cm³/mol. The topological polar surface area (TPSA) is 59.5 Å². The molecule has 0 radical (unpaired) electrons. The van der Waals surface area contributed by atoms with E-state index in [2.05, 4.69) is 4.98 Å². The van der Waals surface area contributed by atoms with E-state index >= 15 is 0 Å². The van der Waals surface area contributed by atoms with Crippen LogP contribution in [0.5, 0.6) is 5.88 Å². The van der Waals surface area contributed by atoms with Crippen LogP contribution in [-0.4, -0.2) is 27.8 Å². The molecule has 0 saturated heterocycles. The van der Waals surface area contributed by atoms with E-state index in [0.29, 0.717) is 5.88 Å². The first-order chi connectivity index (χ1) is 10.2. The maximum Gasteiger partial charge on any atom is 0.253 e. The number of carbonyl (C=O) groups excluding carboxylic acids is 2. The molecule has 0 bridgehead atoms. The maximum atomic E-state index is 11.9. The Labute approximate surface area is 123 Å². The number of amides is 2. The highest BCUT2D eigenvalue weighted by Crippen LogP contribution is 2.26. The Balaban J connectivity index is 1.76. The van der Waals surface area contributed by atoms with E-state index < -0.39 is 0 Å². The molecule has 1 aromatic rings. The fraction of sp³-hybridized carbons (Fsp3) is 0.438. The van der Waals surface area contributed by atoms with E-state index in [1.165, 1.54) is 23.8 Å². The van der Waals surface area contributed by atoms with Crippen LogP contribution in [0.3, 0.4) is 0 Å². The highest BCUT2D eigenvalue weighted by molar-refractivity contribution is 6.04. The highest BCUT2D eigenvalue weighted by Gasteiger charge is 2.25. The lowest BCUT2D eigenvalue weighted by atomic mass is 10.2. The van der Waals surface area contributed by atoms with Crippen molar-refractivity contribution >= 4 is 11.8 Å². The minimum atomic E-state index is -0.276. The van der Waals surface area contributed by atoms with E-state index in [0.717, 1.165) is 18.4 Å². The van der Waals surface area contributed by atoms with Crippen LogP contribution in [0, 0.1) is 0 Å². The Bertz CT molecular complexity index is 577. The largest absolute Gasteiger partial charge is 0.474 e. The number of aromatic nitrogens is 1. The highest BCUT2D eigenvalue weighted by atomic mass is 16.5. The average molecular weight is 286 g/mol. The second kappa shape index (κ2) is 6.08. The molecule has 1 saturated carbocycles. The van der Waals surface area contributed by atoms with Gasteiger partial charge in [-0.15, -0.1) is 0 Å². The molecule has 1 aromatic heterocycles. The van der Waals surface area contributed by atoms with E-state index in [9.17, 15) is 9.59 Å². The molecule has 1 fully saturated rings. The zero-order chi connectivity index (χ0) is 14.7. The smallest absolute Gasteiger partial charge is 0.253 e. The number of hydrogen-bond acceptors (Lipinski definition) is 4. The summed E-state index contributed by atoms with van der Waals surface area (Å²) in [6.07, 6.45) is 9.63. The van der Waals surface area contributed by atoms with Gasteiger partial charge in [-0.1, -0.05) is 12.1 Å². The van der Waals surface area contributed by atoms with Crippen LogP contribution < -0.4 is 4.74 Å². The van der Waals surface area contributed by atoms with Gasteiger partial charge in [0, 0.05) is 24.3 Å². The van der Waals surface area contributed by atoms with Crippen molar-refractivity contribution in [3.05, 3.63) is 36.0 Å². The molecule has 5 heteroatoms. The first-order valence-electron chi connectivity index (χ1n) is 7.35. The Morgan fingerprint density at radius 2 is 2.10 bits per heavy atom. The zero-order valence-corrected chi connectivity index (χ0v) is 11.8. The molecule has 3 rings (SSSR count). The first-order valence-corrected chi connectivity index (χ1v) is 7.35. The molecular formula is C16H18N2O3. The normalized spacial score (nSPS) is 19.3. The number of imide groups is 1. The van der Waals surface area contributed by atoms with Crippen LogP contribution in [0.2, 0.25) is 0 Å². The van der Waals surface area contributed by atoms with Gasteiger partial charge in [-0.05, 0) is 31.7 Å². The van der Waals surface area contributed by atoms with Crippen molar-refractivity contribution in [3.63, 3.8) is 0 Å². The second-order valence-electron chi connectivity index (χ2n) is 5.42. The van der Waals surface area contributed by atoms with Gasteiger partial charge in [0.25, 0.3) is 5.91 Å². The molecule has 0 atom stereocenters. The van der Waals surface area contributed by atoms with Gasteiger partial charge in [0.05, 0.1) is 6.54 Å². The Hall–Kier alpha value is -2.17. The van der Waals surface area contributed by atoms with Crippen LogP contribution in [0.1, 0.15) is 37.7 Å². The van der Waals surface area contributed by atoms with Crippen LogP contribution in [-0.2, 0) is 16.1 Å². The van der Waals surface area contributed by atoms with Gasteiger partial charge in [-0.2, -0.15) is 0 Å². The van der Waals surface area contributed by atoms with Gasteiger partial charge in [-0.3, -0.25) is 14.5 Å². The van der Waals surface area contributed by atoms with Crippen molar-refractivity contribution in [3.8, 4) is 5.88 Å². The molecule has 2 aliphatic rings. The molecule has 5 nitrogen and oxygen atoms in total. The lowest BCUT2D eigenvalue weighted by Gasteiger charge is -2.23. The van der Waals surface area contributed by atoms with E-state index in [1.807, 2.05) is 6.07 Å². The third-order valence-corrected chi connectivity index (χ3v) is 3.88. The van der Waals surface area contributed by atoms with E-state index in [-0.39, 0.29) is 30.9 Å². The molecule has 0 N–H and O–H groups in total. The molecule has 2 heterocycles. The van der Waals surface area contributed by atoms with Gasteiger partial charge in [0.15, 0.2) is 0 Å². The Morgan fingerprint density at radius 3 is 2.86 bits per heavy atom. The predicted octanol–water partition coefficient (Wildman–Crippen LogP) is 2.22. The van der Waals surface area contributed by atoms with E-state index in [4.69, 9.17) is 4.74 Å². The third-order valence-electron chi connectivity index (χ3n) is 3.88. The Morgan fingerprint density at radius 1 is 1.29 bits per heavy atom. The van der Waals surface area contributed by atoms with Gasteiger partial charge >= 0.3 is 0 Å². The van der Waals surface area contributed by atoms with Gasteiger partial charge < -0.3 is 4.74 Å². The number of ether oxygens (including phenoxy) is 1. The minimum absolute atomic E-state index is 0.182. The van der Waals surface area contributed by atoms with Crippen molar-refractivity contribution in [2.75, 3.05) is 0 Å². The summed E-state index contributed by atoms with van der Waals surface area (Å²) in [4.78, 5) is 29.2. The van der Waals surface area contributed by atoms with Crippen molar-refractivity contribution in [1.29, 1.82) is 0 Å². The lowest BCUT2D eigenvalue weighted by Crippen LogP contribution is -2.37. The van der Waals surface area contributed by atoms with E-state index in [1.54, 1.807) is 18.3 Å². The standard InChI is InChI=1S/C16H18N2O3/c19-14-8-3-9-15(20)18(14)11-12-5-4-10-17-16(12)21-13-6-1-2-7-13/h3-5,8,10,13H,1-2,6-7,9,11H2. The summed E-state index contributed by atoms with van der Waals surface area (Å²) in [5.41, 5.74) is 0.779. The van der Waals surface area contributed by atoms with Crippen LogP contribution >= 0.6 is 0 Å². The average Bonchev–Trinajstić information content (AvgIpc) is 2.98. The SMILES string of the molecule is O=C1C=CCC(=O)N1Cc1cccnc1OC1CCCC1. The molecule has 110 valence electrons. The molecule has 0 unspecified atom stereocenters. The summed E-state index contributed by atoms with van der Waals surface area (Å²) < 4.78 is 5.94.